The summed E-state index contributed by atoms with van der Waals surface area (Å²) in [6.45, 7) is 3.44. The average molecular weight is 331 g/mol. The monoisotopic (exact) mass is 331 g/mol. The second-order valence-electron chi connectivity index (χ2n) is 6.84. The van der Waals surface area contributed by atoms with E-state index in [1.807, 2.05) is 25.1 Å². The number of amides is 3. The number of nitrogens with one attached hydrogen (secondary N) is 2. The van der Waals surface area contributed by atoms with Gasteiger partial charge in [0, 0.05) is 37.0 Å². The highest BCUT2D eigenvalue weighted by Crippen LogP contribution is 2.31. The van der Waals surface area contributed by atoms with Crippen LogP contribution in [0, 0.1) is 18.8 Å². The highest BCUT2D eigenvalue weighted by atomic mass is 16.3. The van der Waals surface area contributed by atoms with Crippen molar-refractivity contribution in [3.05, 3.63) is 23.8 Å². The number of piperidine rings is 1. The topological polar surface area (TPSA) is 81.7 Å². The molecular weight excluding hydrogens is 306 g/mol. The summed E-state index contributed by atoms with van der Waals surface area (Å²) in [7, 11) is 0. The van der Waals surface area contributed by atoms with E-state index in [9.17, 15) is 14.7 Å². The van der Waals surface area contributed by atoms with Crippen molar-refractivity contribution in [3.63, 3.8) is 0 Å². The Morgan fingerprint density at radius 3 is 2.50 bits per heavy atom. The number of hydrogen-bond acceptors (Lipinski definition) is 3. The summed E-state index contributed by atoms with van der Waals surface area (Å²) in [5, 5.41) is 15.0. The molecule has 0 aromatic heterocycles. The Labute approximate surface area is 142 Å². The van der Waals surface area contributed by atoms with E-state index in [1.165, 1.54) is 0 Å². The van der Waals surface area contributed by atoms with E-state index in [0.717, 1.165) is 36.9 Å². The van der Waals surface area contributed by atoms with Gasteiger partial charge in [0.1, 0.15) is 0 Å². The van der Waals surface area contributed by atoms with Crippen LogP contribution < -0.4 is 10.6 Å². The molecular formula is C18H25N3O3. The summed E-state index contributed by atoms with van der Waals surface area (Å²) in [5.74, 6) is 0.510. The van der Waals surface area contributed by atoms with Gasteiger partial charge in [-0.2, -0.15) is 0 Å². The van der Waals surface area contributed by atoms with Gasteiger partial charge in [-0.05, 0) is 56.2 Å². The van der Waals surface area contributed by atoms with Crippen LogP contribution >= 0.6 is 0 Å². The summed E-state index contributed by atoms with van der Waals surface area (Å²) >= 11 is 0. The number of aryl methyl sites for hydroxylation is 1. The van der Waals surface area contributed by atoms with Crippen molar-refractivity contribution in [1.29, 1.82) is 0 Å². The number of anilines is 2. The number of likely N-dealkylation sites (tertiary alicyclic amines) is 1. The molecule has 1 saturated heterocycles. The first-order valence-corrected chi connectivity index (χ1v) is 8.65. The fourth-order valence-corrected chi connectivity index (χ4v) is 2.94. The number of aliphatic hydroxyl groups excluding tert-OH is 1. The first kappa shape index (κ1) is 16.8. The molecule has 0 bridgehead atoms. The molecule has 1 aromatic carbocycles. The van der Waals surface area contributed by atoms with E-state index in [2.05, 4.69) is 10.6 Å². The van der Waals surface area contributed by atoms with Crippen LogP contribution in [-0.4, -0.2) is 41.6 Å². The lowest BCUT2D eigenvalue weighted by atomic mass is 9.98. The fraction of sp³-hybridized carbons (Fsp3) is 0.556. The number of benzene rings is 1. The summed E-state index contributed by atoms with van der Waals surface area (Å²) in [6, 6.07) is 5.45. The molecule has 0 spiro atoms. The number of carbonyl (C=O) groups excluding carboxylic acids is 2. The molecule has 130 valence electrons. The van der Waals surface area contributed by atoms with Gasteiger partial charge < -0.3 is 20.6 Å². The Bertz CT molecular complexity index is 620. The largest absolute Gasteiger partial charge is 0.396 e. The van der Waals surface area contributed by atoms with E-state index >= 15 is 0 Å². The van der Waals surface area contributed by atoms with Crippen molar-refractivity contribution in [1.82, 2.24) is 4.90 Å². The molecule has 1 aromatic rings. The molecule has 6 heteroatoms. The molecule has 0 unspecified atom stereocenters. The van der Waals surface area contributed by atoms with Crippen LogP contribution in [0.4, 0.5) is 16.2 Å². The van der Waals surface area contributed by atoms with Gasteiger partial charge in [0.15, 0.2) is 0 Å². The van der Waals surface area contributed by atoms with Crippen LogP contribution in [0.1, 0.15) is 31.2 Å². The predicted molar refractivity (Wildman–Crippen MR) is 92.9 cm³/mol. The van der Waals surface area contributed by atoms with Crippen LogP contribution in [-0.2, 0) is 4.79 Å². The van der Waals surface area contributed by atoms with Gasteiger partial charge in [-0.15, -0.1) is 0 Å². The lowest BCUT2D eigenvalue weighted by Gasteiger charge is -2.31. The smallest absolute Gasteiger partial charge is 0.321 e. The van der Waals surface area contributed by atoms with Gasteiger partial charge in [0.2, 0.25) is 5.91 Å². The SMILES string of the molecule is Cc1ccc(NC(=O)C2CC2)cc1NC(=O)N1CCC(CO)CC1. The van der Waals surface area contributed by atoms with Crippen LogP contribution in [0.15, 0.2) is 18.2 Å². The molecule has 2 fully saturated rings. The number of hydrogen-bond donors (Lipinski definition) is 3. The Hall–Kier alpha value is -2.08. The fourth-order valence-electron chi connectivity index (χ4n) is 2.94. The minimum absolute atomic E-state index is 0.0576. The zero-order valence-corrected chi connectivity index (χ0v) is 14.0. The van der Waals surface area contributed by atoms with Crippen LogP contribution in [0.5, 0.6) is 0 Å². The van der Waals surface area contributed by atoms with Crippen LogP contribution in [0.3, 0.4) is 0 Å². The lowest BCUT2D eigenvalue weighted by molar-refractivity contribution is -0.117. The Balaban J connectivity index is 1.61. The molecule has 1 aliphatic heterocycles. The van der Waals surface area contributed by atoms with Gasteiger partial charge in [-0.1, -0.05) is 6.07 Å². The molecule has 1 heterocycles. The van der Waals surface area contributed by atoms with Crippen molar-refractivity contribution in [2.75, 3.05) is 30.3 Å². The Kier molecular flexibility index (Phi) is 5.04. The quantitative estimate of drug-likeness (QED) is 0.793. The van der Waals surface area contributed by atoms with Crippen molar-refractivity contribution in [3.8, 4) is 0 Å². The van der Waals surface area contributed by atoms with Gasteiger partial charge in [-0.3, -0.25) is 4.79 Å². The Morgan fingerprint density at radius 2 is 1.88 bits per heavy atom. The molecule has 6 nitrogen and oxygen atoms in total. The van der Waals surface area contributed by atoms with Crippen LogP contribution in [0.2, 0.25) is 0 Å². The number of urea groups is 1. The van der Waals surface area contributed by atoms with Crippen molar-refractivity contribution < 1.29 is 14.7 Å². The van der Waals surface area contributed by atoms with E-state index in [0.29, 0.717) is 24.7 Å². The standard InChI is InChI=1S/C18H25N3O3/c1-12-2-5-15(19-17(23)14-3-4-14)10-16(12)20-18(24)21-8-6-13(11-22)7-9-21/h2,5,10,13-14,22H,3-4,6-9,11H2,1H3,(H,19,23)(H,20,24). The number of nitrogens with zero attached hydrogens (tertiary/aromatic N) is 1. The van der Waals surface area contributed by atoms with E-state index in [4.69, 9.17) is 0 Å². The van der Waals surface area contributed by atoms with Crippen molar-refractivity contribution in [2.45, 2.75) is 32.6 Å². The zero-order chi connectivity index (χ0) is 17.1. The second-order valence-corrected chi connectivity index (χ2v) is 6.84. The van der Waals surface area contributed by atoms with Crippen LogP contribution in [0.25, 0.3) is 0 Å². The Morgan fingerprint density at radius 1 is 1.17 bits per heavy atom. The van der Waals surface area contributed by atoms with E-state index in [-0.39, 0.29) is 24.5 Å². The maximum atomic E-state index is 12.4. The predicted octanol–water partition coefficient (Wildman–Crippen LogP) is 2.58. The lowest BCUT2D eigenvalue weighted by Crippen LogP contribution is -2.41. The highest BCUT2D eigenvalue weighted by molar-refractivity contribution is 5.96. The minimum atomic E-state index is -0.125. The number of carbonyl (C=O) groups is 2. The molecule has 0 radical (unpaired) electrons. The molecule has 3 amide bonds. The molecule has 3 N–H and O–H groups in total. The minimum Gasteiger partial charge on any atom is -0.396 e. The maximum Gasteiger partial charge on any atom is 0.321 e. The number of aliphatic hydroxyl groups is 1. The third-order valence-corrected chi connectivity index (χ3v) is 4.85. The summed E-state index contributed by atoms with van der Waals surface area (Å²) in [6.07, 6.45) is 3.59. The highest BCUT2D eigenvalue weighted by Gasteiger charge is 2.29. The van der Waals surface area contributed by atoms with Gasteiger partial charge >= 0.3 is 6.03 Å². The molecule has 24 heavy (non-hydrogen) atoms. The third-order valence-electron chi connectivity index (χ3n) is 4.85. The number of rotatable bonds is 4. The zero-order valence-electron chi connectivity index (χ0n) is 14.0. The molecule has 0 atom stereocenters. The van der Waals surface area contributed by atoms with E-state index < -0.39 is 0 Å². The van der Waals surface area contributed by atoms with Crippen molar-refractivity contribution in [2.24, 2.45) is 11.8 Å². The summed E-state index contributed by atoms with van der Waals surface area (Å²) < 4.78 is 0. The van der Waals surface area contributed by atoms with Gasteiger partial charge in [0.05, 0.1) is 0 Å². The first-order chi connectivity index (χ1) is 11.6. The van der Waals surface area contributed by atoms with Gasteiger partial charge in [-0.25, -0.2) is 4.79 Å². The average Bonchev–Trinajstić information content (AvgIpc) is 3.43. The molecule has 1 aliphatic carbocycles. The molecule has 2 aliphatic rings. The first-order valence-electron chi connectivity index (χ1n) is 8.65. The normalized spacial score (nSPS) is 18.3. The summed E-state index contributed by atoms with van der Waals surface area (Å²) in [5.41, 5.74) is 2.39. The molecule has 1 saturated carbocycles. The maximum absolute atomic E-state index is 12.4. The second kappa shape index (κ2) is 7.21. The molecule has 3 rings (SSSR count). The summed E-state index contributed by atoms with van der Waals surface area (Å²) in [4.78, 5) is 26.1. The van der Waals surface area contributed by atoms with Crippen molar-refractivity contribution >= 4 is 23.3 Å². The van der Waals surface area contributed by atoms with E-state index in [1.54, 1.807) is 4.90 Å². The third kappa shape index (κ3) is 4.06. The van der Waals surface area contributed by atoms with Gasteiger partial charge in [0.25, 0.3) is 0 Å².